The van der Waals surface area contributed by atoms with Crippen LogP contribution < -0.4 is 5.32 Å². The molecule has 0 bridgehead atoms. The van der Waals surface area contributed by atoms with E-state index in [-0.39, 0.29) is 11.8 Å². The van der Waals surface area contributed by atoms with Gasteiger partial charge in [0.05, 0.1) is 17.0 Å². The largest absolute Gasteiger partial charge is 0.349 e. The smallest absolute Gasteiger partial charge is 0.266 e. The van der Waals surface area contributed by atoms with Gasteiger partial charge in [0.2, 0.25) is 5.91 Å². The van der Waals surface area contributed by atoms with Gasteiger partial charge in [-0.25, -0.2) is 9.97 Å². The molecule has 1 saturated carbocycles. The van der Waals surface area contributed by atoms with Crippen molar-refractivity contribution in [2.75, 3.05) is 19.4 Å². The molecule has 0 spiro atoms. The van der Waals surface area contributed by atoms with E-state index in [4.69, 9.17) is 4.98 Å². The fourth-order valence-electron chi connectivity index (χ4n) is 3.33. The fourth-order valence-corrected chi connectivity index (χ4v) is 4.46. The minimum Gasteiger partial charge on any atom is -0.349 e. The summed E-state index contributed by atoms with van der Waals surface area (Å²) >= 11 is 1.43. The van der Waals surface area contributed by atoms with Crippen molar-refractivity contribution in [3.05, 3.63) is 51.8 Å². The molecule has 2 aromatic heterocycles. The van der Waals surface area contributed by atoms with Gasteiger partial charge in [-0.3, -0.25) is 9.59 Å². The number of hydrogen-bond donors (Lipinski definition) is 1. The van der Waals surface area contributed by atoms with E-state index in [0.29, 0.717) is 22.9 Å². The van der Waals surface area contributed by atoms with Crippen molar-refractivity contribution >= 4 is 39.1 Å². The maximum absolute atomic E-state index is 12.9. The average molecular weight is 409 g/mol. The molecular weight excluding hydrogens is 384 g/mol. The molecule has 0 unspecified atom stereocenters. The predicted molar refractivity (Wildman–Crippen MR) is 116 cm³/mol. The molecule has 6 nitrogen and oxygen atoms in total. The van der Waals surface area contributed by atoms with Crippen molar-refractivity contribution in [2.45, 2.75) is 39.0 Å². The number of hydrogen-bond acceptors (Lipinski definition) is 5. The van der Waals surface area contributed by atoms with Gasteiger partial charge in [-0.1, -0.05) is 12.1 Å². The molecule has 2 amide bonds. The van der Waals surface area contributed by atoms with Crippen LogP contribution in [0.25, 0.3) is 10.2 Å². The van der Waals surface area contributed by atoms with Crippen LogP contribution in [0.15, 0.2) is 24.3 Å². The molecule has 1 aliphatic carbocycles. The summed E-state index contributed by atoms with van der Waals surface area (Å²) in [6.45, 7) is 3.95. The number of rotatable bonds is 5. The molecule has 0 atom stereocenters. The lowest BCUT2D eigenvalue weighted by Gasteiger charge is -2.10. The highest BCUT2D eigenvalue weighted by atomic mass is 32.1. The first kappa shape index (κ1) is 19.5. The topological polar surface area (TPSA) is 75.2 Å². The van der Waals surface area contributed by atoms with Crippen LogP contribution >= 0.6 is 11.3 Å². The van der Waals surface area contributed by atoms with E-state index >= 15 is 0 Å². The molecule has 4 rings (SSSR count). The monoisotopic (exact) mass is 408 g/mol. The van der Waals surface area contributed by atoms with Crippen LogP contribution in [0.3, 0.4) is 0 Å². The van der Waals surface area contributed by atoms with Crippen molar-refractivity contribution in [3.8, 4) is 0 Å². The second-order valence-corrected chi connectivity index (χ2v) is 8.79. The van der Waals surface area contributed by atoms with Gasteiger partial charge < -0.3 is 10.2 Å². The molecular formula is C22H24N4O2S. The number of fused-ring (bicyclic) bond motifs is 1. The Morgan fingerprint density at radius 3 is 2.45 bits per heavy atom. The lowest BCUT2D eigenvalue weighted by Crippen LogP contribution is -2.23. The van der Waals surface area contributed by atoms with Gasteiger partial charge in [-0.15, -0.1) is 11.3 Å². The minimum absolute atomic E-state index is 0.0460. The summed E-state index contributed by atoms with van der Waals surface area (Å²) in [4.78, 5) is 37.2. The molecule has 0 radical (unpaired) electrons. The quantitative estimate of drug-likeness (QED) is 0.691. The second-order valence-electron chi connectivity index (χ2n) is 7.79. The molecule has 7 heteroatoms. The highest BCUT2D eigenvalue weighted by molar-refractivity contribution is 7.20. The molecule has 2 heterocycles. The third-order valence-electron chi connectivity index (χ3n) is 5.20. The van der Waals surface area contributed by atoms with Crippen LogP contribution in [-0.2, 0) is 11.2 Å². The normalized spacial score (nSPS) is 13.5. The van der Waals surface area contributed by atoms with Crippen LogP contribution in [-0.4, -0.2) is 40.8 Å². The van der Waals surface area contributed by atoms with Crippen LogP contribution in [0.5, 0.6) is 0 Å². The molecule has 1 aliphatic rings. The number of amides is 2. The van der Waals surface area contributed by atoms with Crippen LogP contribution in [0, 0.1) is 13.8 Å². The number of nitrogens with one attached hydrogen (secondary N) is 1. The number of benzene rings is 1. The second kappa shape index (κ2) is 7.55. The minimum atomic E-state index is -0.144. The van der Waals surface area contributed by atoms with Gasteiger partial charge in [0.25, 0.3) is 5.91 Å². The van der Waals surface area contributed by atoms with E-state index < -0.39 is 0 Å². The number of aromatic nitrogens is 2. The first-order chi connectivity index (χ1) is 13.8. The zero-order valence-corrected chi connectivity index (χ0v) is 17.9. The van der Waals surface area contributed by atoms with Crippen molar-refractivity contribution in [3.63, 3.8) is 0 Å². The van der Waals surface area contributed by atoms with Gasteiger partial charge in [0, 0.05) is 31.1 Å². The number of thiophene rings is 1. The Balaban J connectivity index is 1.54. The molecule has 0 aliphatic heterocycles. The summed E-state index contributed by atoms with van der Waals surface area (Å²) in [6, 6.07) is 7.39. The highest BCUT2D eigenvalue weighted by Crippen LogP contribution is 2.40. The lowest BCUT2D eigenvalue weighted by molar-refractivity contribution is -0.127. The van der Waals surface area contributed by atoms with E-state index in [1.807, 2.05) is 38.1 Å². The average Bonchev–Trinajstić information content (AvgIpc) is 3.47. The number of anilines is 1. The Morgan fingerprint density at radius 1 is 1.14 bits per heavy atom. The number of nitrogens with zero attached hydrogens (tertiary/aromatic N) is 3. The Labute approximate surface area is 174 Å². The predicted octanol–water partition coefficient (Wildman–Crippen LogP) is 4.07. The fraction of sp³-hybridized carbons (Fsp3) is 0.364. The SMILES string of the molecule is Cc1nc(C2CC2)nc2sc(C(=O)Nc3ccc(CC(=O)N(C)C)cc3)c(C)c12. The Kier molecular flexibility index (Phi) is 5.08. The lowest BCUT2D eigenvalue weighted by atomic mass is 10.1. The third-order valence-corrected chi connectivity index (χ3v) is 6.39. The molecule has 29 heavy (non-hydrogen) atoms. The zero-order chi connectivity index (χ0) is 20.7. The van der Waals surface area contributed by atoms with Crippen LogP contribution in [0.1, 0.15) is 51.1 Å². The third kappa shape index (κ3) is 4.00. The van der Waals surface area contributed by atoms with Crippen molar-refractivity contribution in [2.24, 2.45) is 0 Å². The van der Waals surface area contributed by atoms with E-state index in [2.05, 4.69) is 10.3 Å². The van der Waals surface area contributed by atoms with Gasteiger partial charge >= 0.3 is 0 Å². The first-order valence-corrected chi connectivity index (χ1v) is 10.5. The molecule has 0 saturated heterocycles. The molecule has 1 aromatic carbocycles. The zero-order valence-electron chi connectivity index (χ0n) is 17.1. The van der Waals surface area contributed by atoms with E-state index in [1.165, 1.54) is 11.3 Å². The summed E-state index contributed by atoms with van der Waals surface area (Å²) in [7, 11) is 3.48. The van der Waals surface area contributed by atoms with Crippen LogP contribution in [0.2, 0.25) is 0 Å². The van der Waals surface area contributed by atoms with Gasteiger partial charge in [0.1, 0.15) is 10.7 Å². The standard InChI is InChI=1S/C22H24N4O2S/c1-12-18-13(2)23-20(15-7-8-15)25-22(18)29-19(12)21(28)24-16-9-5-14(6-10-16)11-17(27)26(3)4/h5-6,9-10,15H,7-8,11H2,1-4H3,(H,24,28). The number of carbonyl (C=O) groups excluding carboxylic acids is 2. The van der Waals surface area contributed by atoms with Crippen molar-refractivity contribution in [1.29, 1.82) is 0 Å². The van der Waals surface area contributed by atoms with E-state index in [0.717, 1.165) is 45.7 Å². The van der Waals surface area contributed by atoms with Crippen molar-refractivity contribution < 1.29 is 9.59 Å². The van der Waals surface area contributed by atoms with Gasteiger partial charge in [-0.05, 0) is 49.9 Å². The molecule has 1 N–H and O–H groups in total. The summed E-state index contributed by atoms with van der Waals surface area (Å²) in [5, 5.41) is 3.95. The van der Waals surface area contributed by atoms with Crippen LogP contribution in [0.4, 0.5) is 5.69 Å². The number of aryl methyl sites for hydroxylation is 2. The summed E-state index contributed by atoms with van der Waals surface area (Å²) < 4.78 is 0. The summed E-state index contributed by atoms with van der Waals surface area (Å²) in [5.74, 6) is 1.29. The highest BCUT2D eigenvalue weighted by Gasteiger charge is 2.28. The van der Waals surface area contributed by atoms with E-state index in [9.17, 15) is 9.59 Å². The first-order valence-electron chi connectivity index (χ1n) is 9.71. The number of carbonyl (C=O) groups is 2. The van der Waals surface area contributed by atoms with E-state index in [1.54, 1.807) is 19.0 Å². The van der Waals surface area contributed by atoms with Gasteiger partial charge in [0.15, 0.2) is 0 Å². The summed E-state index contributed by atoms with van der Waals surface area (Å²) in [6.07, 6.45) is 2.65. The molecule has 1 fully saturated rings. The Hall–Kier alpha value is -2.80. The maximum Gasteiger partial charge on any atom is 0.266 e. The summed E-state index contributed by atoms with van der Waals surface area (Å²) in [5.41, 5.74) is 3.49. The van der Waals surface area contributed by atoms with Gasteiger partial charge in [-0.2, -0.15) is 0 Å². The Bertz CT molecular complexity index is 1100. The molecule has 150 valence electrons. The maximum atomic E-state index is 12.9. The molecule has 3 aromatic rings. The van der Waals surface area contributed by atoms with Crippen molar-refractivity contribution in [1.82, 2.24) is 14.9 Å². The number of likely N-dealkylation sites (N-methyl/N-ethyl adjacent to an activating group) is 1. The Morgan fingerprint density at radius 2 is 1.83 bits per heavy atom.